The minimum Gasteiger partial charge on any atom is -0.454 e. The Hall–Kier alpha value is -1.34. The fourth-order valence-electron chi connectivity index (χ4n) is 4.64. The molecule has 0 aliphatic carbocycles. The molecule has 0 N–H and O–H groups in total. The SMILES string of the molecule is c1cc2c(cc1CN1CC3(CCC(CN4CCOCC4)CO3)C1)OCO2. The van der Waals surface area contributed by atoms with Crippen LogP contribution in [-0.2, 0) is 16.0 Å². The number of hydrogen-bond acceptors (Lipinski definition) is 6. The third kappa shape index (κ3) is 3.43. The van der Waals surface area contributed by atoms with E-state index in [-0.39, 0.29) is 5.60 Å². The average molecular weight is 360 g/mol. The Morgan fingerprint density at radius 1 is 1.04 bits per heavy atom. The number of rotatable bonds is 4. The van der Waals surface area contributed by atoms with E-state index in [1.54, 1.807) is 0 Å². The molecular formula is C20H28N2O4. The lowest BCUT2D eigenvalue weighted by Gasteiger charge is -2.53. The van der Waals surface area contributed by atoms with E-state index in [1.165, 1.54) is 24.9 Å². The summed E-state index contributed by atoms with van der Waals surface area (Å²) in [5.41, 5.74) is 1.39. The molecule has 1 unspecified atom stereocenters. The van der Waals surface area contributed by atoms with Crippen molar-refractivity contribution in [1.29, 1.82) is 0 Å². The highest BCUT2D eigenvalue weighted by Crippen LogP contribution is 2.38. The van der Waals surface area contributed by atoms with Crippen LogP contribution in [0.15, 0.2) is 18.2 Å². The molecule has 0 aromatic heterocycles. The van der Waals surface area contributed by atoms with Crippen molar-refractivity contribution in [2.75, 3.05) is 59.3 Å². The molecule has 1 atom stereocenters. The van der Waals surface area contributed by atoms with E-state index in [4.69, 9.17) is 18.9 Å². The number of likely N-dealkylation sites (tertiary alicyclic amines) is 1. The molecule has 5 rings (SSSR count). The summed E-state index contributed by atoms with van der Waals surface area (Å²) in [6.07, 6.45) is 2.48. The number of benzene rings is 1. The molecule has 3 saturated heterocycles. The Bertz CT molecular complexity index is 631. The monoisotopic (exact) mass is 360 g/mol. The van der Waals surface area contributed by atoms with Crippen molar-refractivity contribution in [3.8, 4) is 11.5 Å². The first-order valence-corrected chi connectivity index (χ1v) is 9.83. The topological polar surface area (TPSA) is 43.4 Å². The quantitative estimate of drug-likeness (QED) is 0.815. The molecule has 0 radical (unpaired) electrons. The Balaban J connectivity index is 1.08. The van der Waals surface area contributed by atoms with E-state index in [1.807, 2.05) is 6.07 Å². The molecule has 4 heterocycles. The van der Waals surface area contributed by atoms with E-state index >= 15 is 0 Å². The fraction of sp³-hybridized carbons (Fsp3) is 0.700. The van der Waals surface area contributed by atoms with Gasteiger partial charge in [0.15, 0.2) is 11.5 Å². The smallest absolute Gasteiger partial charge is 0.231 e. The van der Waals surface area contributed by atoms with Crippen molar-refractivity contribution in [1.82, 2.24) is 9.80 Å². The van der Waals surface area contributed by atoms with Gasteiger partial charge in [-0.15, -0.1) is 0 Å². The maximum absolute atomic E-state index is 6.35. The molecule has 1 spiro atoms. The maximum Gasteiger partial charge on any atom is 0.231 e. The first kappa shape index (κ1) is 16.8. The van der Waals surface area contributed by atoms with Crippen LogP contribution in [0.1, 0.15) is 18.4 Å². The Morgan fingerprint density at radius 2 is 1.88 bits per heavy atom. The fourth-order valence-corrected chi connectivity index (χ4v) is 4.64. The number of nitrogens with zero attached hydrogens (tertiary/aromatic N) is 2. The number of hydrogen-bond donors (Lipinski definition) is 0. The van der Waals surface area contributed by atoms with Gasteiger partial charge in [0.25, 0.3) is 0 Å². The third-order valence-corrected chi connectivity index (χ3v) is 6.12. The molecule has 0 amide bonds. The van der Waals surface area contributed by atoms with Crippen LogP contribution in [0.4, 0.5) is 0 Å². The normalized spacial score (nSPS) is 28.2. The summed E-state index contributed by atoms with van der Waals surface area (Å²) in [6.45, 7) is 9.38. The second-order valence-electron chi connectivity index (χ2n) is 8.14. The summed E-state index contributed by atoms with van der Waals surface area (Å²) in [7, 11) is 0. The Kier molecular flexibility index (Phi) is 4.52. The lowest BCUT2D eigenvalue weighted by atomic mass is 9.82. The van der Waals surface area contributed by atoms with Gasteiger partial charge in [0, 0.05) is 39.3 Å². The van der Waals surface area contributed by atoms with Crippen LogP contribution in [0.5, 0.6) is 11.5 Å². The predicted octanol–water partition coefficient (Wildman–Crippen LogP) is 1.73. The van der Waals surface area contributed by atoms with Crippen molar-refractivity contribution in [3.05, 3.63) is 23.8 Å². The van der Waals surface area contributed by atoms with Gasteiger partial charge in [0.2, 0.25) is 6.79 Å². The molecular weight excluding hydrogens is 332 g/mol. The summed E-state index contributed by atoms with van der Waals surface area (Å²) >= 11 is 0. The van der Waals surface area contributed by atoms with Gasteiger partial charge in [0.1, 0.15) is 0 Å². The van der Waals surface area contributed by atoms with Crippen molar-refractivity contribution in [2.24, 2.45) is 5.92 Å². The van der Waals surface area contributed by atoms with Crippen LogP contribution < -0.4 is 9.47 Å². The van der Waals surface area contributed by atoms with Gasteiger partial charge in [-0.25, -0.2) is 0 Å². The van der Waals surface area contributed by atoms with E-state index in [0.717, 1.165) is 64.0 Å². The molecule has 142 valence electrons. The minimum atomic E-state index is 0.109. The molecule has 0 bridgehead atoms. The summed E-state index contributed by atoms with van der Waals surface area (Å²) in [5.74, 6) is 2.41. The first-order valence-electron chi connectivity index (χ1n) is 9.83. The van der Waals surface area contributed by atoms with Gasteiger partial charge in [-0.3, -0.25) is 9.80 Å². The molecule has 3 fully saturated rings. The highest BCUT2D eigenvalue weighted by Gasteiger charge is 2.46. The van der Waals surface area contributed by atoms with Gasteiger partial charge in [-0.1, -0.05) is 6.07 Å². The van der Waals surface area contributed by atoms with Crippen LogP contribution in [0.2, 0.25) is 0 Å². The molecule has 0 saturated carbocycles. The molecule has 26 heavy (non-hydrogen) atoms. The van der Waals surface area contributed by atoms with Gasteiger partial charge in [0.05, 0.1) is 25.4 Å². The highest BCUT2D eigenvalue weighted by molar-refractivity contribution is 5.44. The number of ether oxygens (including phenoxy) is 4. The molecule has 6 nitrogen and oxygen atoms in total. The van der Waals surface area contributed by atoms with Gasteiger partial charge >= 0.3 is 0 Å². The predicted molar refractivity (Wildman–Crippen MR) is 96.5 cm³/mol. The summed E-state index contributed by atoms with van der Waals surface area (Å²) < 4.78 is 22.7. The van der Waals surface area contributed by atoms with Gasteiger partial charge < -0.3 is 18.9 Å². The molecule has 6 heteroatoms. The Morgan fingerprint density at radius 3 is 2.69 bits per heavy atom. The summed E-state index contributed by atoms with van der Waals surface area (Å²) in [4.78, 5) is 5.00. The van der Waals surface area contributed by atoms with E-state index in [2.05, 4.69) is 21.9 Å². The van der Waals surface area contributed by atoms with Crippen molar-refractivity contribution in [2.45, 2.75) is 25.0 Å². The number of fused-ring (bicyclic) bond motifs is 1. The van der Waals surface area contributed by atoms with Crippen LogP contribution in [0, 0.1) is 5.92 Å². The second kappa shape index (κ2) is 7.00. The van der Waals surface area contributed by atoms with Crippen LogP contribution in [-0.4, -0.2) is 74.7 Å². The standard InChI is InChI=1S/C20H28N2O4/c1-2-18-19(25-15-24-18)9-16(1)10-22-13-20(14-22)4-3-17(12-26-20)11-21-5-7-23-8-6-21/h1-2,9,17H,3-8,10-15H2. The molecule has 4 aliphatic heterocycles. The van der Waals surface area contributed by atoms with E-state index in [9.17, 15) is 0 Å². The van der Waals surface area contributed by atoms with Crippen LogP contribution in [0.3, 0.4) is 0 Å². The zero-order valence-electron chi connectivity index (χ0n) is 15.3. The van der Waals surface area contributed by atoms with E-state index in [0.29, 0.717) is 12.7 Å². The lowest BCUT2D eigenvalue weighted by molar-refractivity contribution is -0.184. The molecule has 4 aliphatic rings. The van der Waals surface area contributed by atoms with Crippen molar-refractivity contribution in [3.63, 3.8) is 0 Å². The van der Waals surface area contributed by atoms with E-state index < -0.39 is 0 Å². The summed E-state index contributed by atoms with van der Waals surface area (Å²) in [5, 5.41) is 0. The van der Waals surface area contributed by atoms with Gasteiger partial charge in [-0.2, -0.15) is 0 Å². The minimum absolute atomic E-state index is 0.109. The van der Waals surface area contributed by atoms with Gasteiger partial charge in [-0.05, 0) is 36.5 Å². The first-order chi connectivity index (χ1) is 12.8. The Labute approximate surface area is 154 Å². The second-order valence-corrected chi connectivity index (χ2v) is 8.14. The van der Waals surface area contributed by atoms with Crippen LogP contribution >= 0.6 is 0 Å². The maximum atomic E-state index is 6.35. The molecule has 1 aromatic rings. The zero-order chi connectivity index (χ0) is 17.4. The third-order valence-electron chi connectivity index (χ3n) is 6.12. The summed E-state index contributed by atoms with van der Waals surface area (Å²) in [6, 6.07) is 6.26. The lowest BCUT2D eigenvalue weighted by Crippen LogP contribution is -2.64. The zero-order valence-corrected chi connectivity index (χ0v) is 15.3. The average Bonchev–Trinajstić information content (AvgIpc) is 3.11. The van der Waals surface area contributed by atoms with Crippen LogP contribution in [0.25, 0.3) is 0 Å². The van der Waals surface area contributed by atoms with Crippen molar-refractivity contribution >= 4 is 0 Å². The highest BCUT2D eigenvalue weighted by atomic mass is 16.7. The van der Waals surface area contributed by atoms with Crippen molar-refractivity contribution < 1.29 is 18.9 Å². The number of morpholine rings is 1. The largest absolute Gasteiger partial charge is 0.454 e. The molecule has 1 aromatic carbocycles.